The third kappa shape index (κ3) is 1.57. The maximum absolute atomic E-state index is 10.4. The van der Waals surface area contributed by atoms with E-state index in [-0.39, 0.29) is 0 Å². The number of thiophene rings is 1. The molecule has 0 bridgehead atoms. The van der Waals surface area contributed by atoms with Gasteiger partial charge in [-0.15, -0.1) is 11.3 Å². The lowest BCUT2D eigenvalue weighted by molar-refractivity contribution is -0.506. The van der Waals surface area contributed by atoms with Crippen molar-refractivity contribution >= 4 is 37.6 Å². The minimum Gasteiger partial charge on any atom is -0.506 e. The van der Waals surface area contributed by atoms with Crippen LogP contribution in [0.1, 0.15) is 0 Å². The zero-order valence-electron chi connectivity index (χ0n) is 9.91. The molecule has 0 aliphatic heterocycles. The molecule has 0 aliphatic carbocycles. The van der Waals surface area contributed by atoms with Gasteiger partial charge in [-0.25, -0.2) is 0 Å². The summed E-state index contributed by atoms with van der Waals surface area (Å²) in [6, 6.07) is 12.0. The molecule has 3 heterocycles. The van der Waals surface area contributed by atoms with E-state index in [9.17, 15) is 5.11 Å². The Kier molecular flexibility index (Phi) is 2.33. The van der Waals surface area contributed by atoms with Gasteiger partial charge in [0.05, 0.1) is 10.3 Å². The van der Waals surface area contributed by atoms with Crippen molar-refractivity contribution in [1.29, 1.82) is 0 Å². The van der Waals surface area contributed by atoms with Crippen LogP contribution in [0.15, 0.2) is 54.2 Å². The Bertz CT molecular complexity index is 877. The number of thiazole rings is 1. The van der Waals surface area contributed by atoms with Crippen molar-refractivity contribution in [2.45, 2.75) is 0 Å². The molecule has 3 aromatic heterocycles. The van der Waals surface area contributed by atoms with E-state index in [2.05, 4.69) is 9.78 Å². The fraction of sp³-hybridized carbons (Fsp3) is 0. The van der Waals surface area contributed by atoms with Gasteiger partial charge in [-0.2, -0.15) is 4.40 Å². The minimum atomic E-state index is 0.391. The highest BCUT2D eigenvalue weighted by molar-refractivity contribution is 7.27. The Labute approximate surface area is 117 Å². The summed E-state index contributed by atoms with van der Waals surface area (Å²) in [5.41, 5.74) is 1.07. The van der Waals surface area contributed by atoms with Crippen molar-refractivity contribution < 1.29 is 9.51 Å². The molecule has 4 heteroatoms. The molecular weight excluding hydrogens is 274 g/mol. The second-order valence-corrected chi connectivity index (χ2v) is 6.23. The summed E-state index contributed by atoms with van der Waals surface area (Å²) in [5.74, 6) is 0.391. The molecule has 0 radical (unpaired) electrons. The predicted molar refractivity (Wildman–Crippen MR) is 80.0 cm³/mol. The van der Waals surface area contributed by atoms with Crippen LogP contribution in [0.2, 0.25) is 0 Å². The molecule has 0 atom stereocenters. The highest BCUT2D eigenvalue weighted by Crippen LogP contribution is 2.44. The van der Waals surface area contributed by atoms with Gasteiger partial charge in [0.2, 0.25) is 0 Å². The van der Waals surface area contributed by atoms with Gasteiger partial charge in [-0.05, 0) is 5.56 Å². The fourth-order valence-corrected chi connectivity index (χ4v) is 4.45. The Morgan fingerprint density at radius 1 is 1.00 bits per heavy atom. The molecule has 4 aromatic rings. The van der Waals surface area contributed by atoms with Gasteiger partial charge in [0.1, 0.15) is 10.4 Å². The van der Waals surface area contributed by atoms with Crippen LogP contribution in [-0.2, 0) is 0 Å². The lowest BCUT2D eigenvalue weighted by Gasteiger charge is -1.97. The van der Waals surface area contributed by atoms with Crippen molar-refractivity contribution in [2.75, 3.05) is 0 Å². The Hall–Kier alpha value is -1.91. The van der Waals surface area contributed by atoms with Crippen LogP contribution in [0.25, 0.3) is 25.4 Å². The van der Waals surface area contributed by atoms with Gasteiger partial charge in [0.25, 0.3) is 4.83 Å². The molecule has 92 valence electrons. The standard InChI is InChI=1S/C15H9NOS2/c17-12-11-6-7-16-8-9-18-15(16)14(11)19-13(12)10-4-2-1-3-5-10/h1-9H/p+1. The SMILES string of the molecule is Oc1c(-c2ccccc2)sc2c1cc[n+]1ccsc21. The third-order valence-corrected chi connectivity index (χ3v) is 5.46. The van der Waals surface area contributed by atoms with E-state index in [0.717, 1.165) is 20.5 Å². The highest BCUT2D eigenvalue weighted by Gasteiger charge is 2.19. The molecule has 1 N–H and O–H groups in total. The van der Waals surface area contributed by atoms with Gasteiger partial charge in [0, 0.05) is 11.5 Å². The number of aromatic hydroxyl groups is 1. The average molecular weight is 284 g/mol. The molecular formula is C15H10NOS2+. The molecule has 1 aromatic carbocycles. The van der Waals surface area contributed by atoms with Gasteiger partial charge < -0.3 is 5.11 Å². The molecule has 0 saturated heterocycles. The van der Waals surface area contributed by atoms with Crippen molar-refractivity contribution in [2.24, 2.45) is 0 Å². The Morgan fingerprint density at radius 3 is 2.68 bits per heavy atom. The van der Waals surface area contributed by atoms with Crippen molar-refractivity contribution in [3.05, 3.63) is 54.2 Å². The van der Waals surface area contributed by atoms with Crippen LogP contribution < -0.4 is 4.40 Å². The van der Waals surface area contributed by atoms with Crippen molar-refractivity contribution in [3.63, 3.8) is 0 Å². The quantitative estimate of drug-likeness (QED) is 0.523. The largest absolute Gasteiger partial charge is 0.506 e. The van der Waals surface area contributed by atoms with E-state index in [0.29, 0.717) is 5.75 Å². The number of nitrogens with zero attached hydrogens (tertiary/aromatic N) is 1. The number of rotatable bonds is 1. The van der Waals surface area contributed by atoms with Crippen LogP contribution in [-0.4, -0.2) is 5.11 Å². The third-order valence-electron chi connectivity index (χ3n) is 3.19. The Morgan fingerprint density at radius 2 is 1.84 bits per heavy atom. The number of aromatic nitrogens is 1. The molecule has 0 fully saturated rings. The van der Waals surface area contributed by atoms with Gasteiger partial charge in [0.15, 0.2) is 12.4 Å². The molecule has 0 spiro atoms. The molecule has 19 heavy (non-hydrogen) atoms. The molecule has 0 aliphatic rings. The molecule has 2 nitrogen and oxygen atoms in total. The summed E-state index contributed by atoms with van der Waals surface area (Å²) < 4.78 is 3.24. The van der Waals surface area contributed by atoms with E-state index in [1.807, 2.05) is 48.8 Å². The summed E-state index contributed by atoms with van der Waals surface area (Å²) >= 11 is 3.35. The van der Waals surface area contributed by atoms with Crippen LogP contribution in [0, 0.1) is 0 Å². The summed E-state index contributed by atoms with van der Waals surface area (Å²) in [6.45, 7) is 0. The number of hydrogen-bond acceptors (Lipinski definition) is 3. The zero-order chi connectivity index (χ0) is 12.8. The van der Waals surface area contributed by atoms with Crippen LogP contribution in [0.3, 0.4) is 0 Å². The van der Waals surface area contributed by atoms with E-state index in [1.54, 1.807) is 22.7 Å². The topological polar surface area (TPSA) is 24.3 Å². The number of hydrogen-bond donors (Lipinski definition) is 1. The van der Waals surface area contributed by atoms with Crippen molar-refractivity contribution in [1.82, 2.24) is 0 Å². The first kappa shape index (κ1) is 11.0. The maximum Gasteiger partial charge on any atom is 0.285 e. The van der Waals surface area contributed by atoms with Crippen LogP contribution in [0.4, 0.5) is 0 Å². The van der Waals surface area contributed by atoms with Crippen LogP contribution >= 0.6 is 22.7 Å². The van der Waals surface area contributed by atoms with Gasteiger partial charge >= 0.3 is 0 Å². The Balaban J connectivity index is 2.10. The summed E-state index contributed by atoms with van der Waals surface area (Å²) in [5, 5.41) is 13.4. The van der Waals surface area contributed by atoms with Crippen LogP contribution in [0.5, 0.6) is 5.75 Å². The van der Waals surface area contributed by atoms with Gasteiger partial charge in [-0.3, -0.25) is 0 Å². The zero-order valence-corrected chi connectivity index (χ0v) is 11.5. The normalized spacial score (nSPS) is 11.4. The minimum absolute atomic E-state index is 0.391. The smallest absolute Gasteiger partial charge is 0.285 e. The average Bonchev–Trinajstić information content (AvgIpc) is 3.04. The molecule has 0 amide bonds. The lowest BCUT2D eigenvalue weighted by Crippen LogP contribution is -2.15. The fourth-order valence-electron chi connectivity index (χ4n) is 2.27. The maximum atomic E-state index is 10.4. The second kappa shape index (κ2) is 4.05. The van der Waals surface area contributed by atoms with E-state index in [4.69, 9.17) is 0 Å². The second-order valence-electron chi connectivity index (χ2n) is 4.32. The van der Waals surface area contributed by atoms with Crippen molar-refractivity contribution in [3.8, 4) is 16.2 Å². The summed E-state index contributed by atoms with van der Waals surface area (Å²) in [6.07, 6.45) is 4.04. The number of pyridine rings is 1. The molecule has 4 rings (SSSR count). The lowest BCUT2D eigenvalue weighted by atomic mass is 10.1. The van der Waals surface area contributed by atoms with E-state index in [1.165, 1.54) is 4.83 Å². The van der Waals surface area contributed by atoms with E-state index < -0.39 is 0 Å². The number of fused-ring (bicyclic) bond motifs is 3. The van der Waals surface area contributed by atoms with Gasteiger partial charge in [-0.1, -0.05) is 41.7 Å². The predicted octanol–water partition coefficient (Wildman–Crippen LogP) is 4.07. The first-order chi connectivity index (χ1) is 9.34. The molecule has 0 unspecified atom stereocenters. The molecule has 0 saturated carbocycles. The van der Waals surface area contributed by atoms with E-state index >= 15 is 0 Å². The number of benzene rings is 1. The first-order valence-corrected chi connectivity index (χ1v) is 7.62. The monoisotopic (exact) mass is 284 g/mol. The summed E-state index contributed by atoms with van der Waals surface area (Å²) in [7, 11) is 0. The summed E-state index contributed by atoms with van der Waals surface area (Å²) in [4.78, 5) is 2.12. The first-order valence-electron chi connectivity index (χ1n) is 5.93. The highest BCUT2D eigenvalue weighted by atomic mass is 32.1.